The fraction of sp³-hybridized carbons (Fsp3) is 0.0800. The number of carbonyl (C=O) groups is 3. The number of alkyl halides is 3. The molecule has 13 heteroatoms. The second-order valence-corrected chi connectivity index (χ2v) is 8.79. The largest absolute Gasteiger partial charge is 0.450 e. The molecule has 0 saturated carbocycles. The summed E-state index contributed by atoms with van der Waals surface area (Å²) in [5, 5.41) is 13.3. The molecule has 0 aromatic heterocycles. The lowest BCUT2D eigenvalue weighted by Gasteiger charge is -2.12. The van der Waals surface area contributed by atoms with Gasteiger partial charge in [-0.2, -0.15) is 13.2 Å². The maximum absolute atomic E-state index is 12.9. The molecule has 3 aromatic rings. The number of imide groups is 1. The van der Waals surface area contributed by atoms with E-state index in [9.17, 15) is 37.7 Å². The van der Waals surface area contributed by atoms with Gasteiger partial charge < -0.3 is 10.1 Å². The number of nitro benzene ring substituents is 1. The molecule has 0 radical (unpaired) electrons. The Labute approximate surface area is 217 Å². The second-order valence-electron chi connectivity index (χ2n) is 7.79. The number of carbonyl (C=O) groups excluding carboxylic acids is 3. The number of ether oxygens (including phenoxy) is 1. The minimum Gasteiger partial charge on any atom is -0.450 e. The number of nitro groups is 1. The van der Waals surface area contributed by atoms with Crippen LogP contribution in [-0.4, -0.2) is 33.4 Å². The number of nitrogens with one attached hydrogen (secondary N) is 1. The summed E-state index contributed by atoms with van der Waals surface area (Å²) < 4.78 is 44.3. The zero-order valence-corrected chi connectivity index (χ0v) is 19.9. The van der Waals surface area contributed by atoms with E-state index in [-0.39, 0.29) is 10.7 Å². The molecule has 4 rings (SSSR count). The lowest BCUT2D eigenvalue weighted by atomic mass is 10.1. The molecule has 1 aliphatic heterocycles. The molecule has 1 saturated heterocycles. The van der Waals surface area contributed by atoms with Gasteiger partial charge in [0, 0.05) is 11.8 Å². The van der Waals surface area contributed by atoms with Gasteiger partial charge in [-0.05, 0) is 59.8 Å². The molecule has 9 nitrogen and oxygen atoms in total. The van der Waals surface area contributed by atoms with Gasteiger partial charge in [-0.25, -0.2) is 0 Å². The van der Waals surface area contributed by atoms with Gasteiger partial charge in [-0.15, -0.1) is 0 Å². The van der Waals surface area contributed by atoms with Gasteiger partial charge in [0.25, 0.3) is 11.1 Å². The number of anilines is 1. The van der Waals surface area contributed by atoms with E-state index in [1.54, 1.807) is 36.4 Å². The van der Waals surface area contributed by atoms with Crippen LogP contribution in [0.1, 0.15) is 11.1 Å². The molecule has 0 aliphatic carbocycles. The van der Waals surface area contributed by atoms with Crippen molar-refractivity contribution in [1.82, 2.24) is 4.90 Å². The zero-order valence-electron chi connectivity index (χ0n) is 19.1. The molecule has 0 atom stereocenters. The van der Waals surface area contributed by atoms with Crippen molar-refractivity contribution in [3.8, 4) is 11.5 Å². The quantitative estimate of drug-likeness (QED) is 0.218. The first-order valence-electron chi connectivity index (χ1n) is 10.7. The Bertz CT molecular complexity index is 1460. The van der Waals surface area contributed by atoms with Crippen molar-refractivity contribution in [3.05, 3.63) is 98.9 Å². The van der Waals surface area contributed by atoms with Crippen LogP contribution in [0.15, 0.2) is 77.7 Å². The molecular weight excluding hydrogens is 527 g/mol. The second kappa shape index (κ2) is 10.8. The molecule has 1 heterocycles. The SMILES string of the molecule is O=C(CN1C(=O)S/C(=C\c2cccc(Oc3ccc(C(F)(F)F)cc3[N+](=O)[O-])c2)C1=O)Nc1ccccc1. The van der Waals surface area contributed by atoms with Crippen molar-refractivity contribution >= 4 is 46.3 Å². The van der Waals surface area contributed by atoms with E-state index in [0.29, 0.717) is 35.1 Å². The predicted molar refractivity (Wildman–Crippen MR) is 132 cm³/mol. The van der Waals surface area contributed by atoms with Gasteiger partial charge in [0.15, 0.2) is 0 Å². The highest BCUT2D eigenvalue weighted by atomic mass is 32.2. The lowest BCUT2D eigenvalue weighted by molar-refractivity contribution is -0.385. The van der Waals surface area contributed by atoms with Crippen LogP contribution in [-0.2, 0) is 15.8 Å². The van der Waals surface area contributed by atoms with Crippen LogP contribution in [0.5, 0.6) is 11.5 Å². The Balaban J connectivity index is 1.50. The number of thioether (sulfide) groups is 1. The van der Waals surface area contributed by atoms with Crippen LogP contribution >= 0.6 is 11.8 Å². The van der Waals surface area contributed by atoms with Gasteiger partial charge in [0.1, 0.15) is 12.3 Å². The Morgan fingerprint density at radius 3 is 2.47 bits per heavy atom. The van der Waals surface area contributed by atoms with E-state index < -0.39 is 51.7 Å². The molecule has 38 heavy (non-hydrogen) atoms. The molecule has 0 bridgehead atoms. The van der Waals surface area contributed by atoms with E-state index in [0.717, 1.165) is 11.0 Å². The Hall–Kier alpha value is -4.65. The highest BCUT2D eigenvalue weighted by Crippen LogP contribution is 2.38. The number of hydrogen-bond acceptors (Lipinski definition) is 7. The fourth-order valence-electron chi connectivity index (χ4n) is 3.37. The number of hydrogen-bond donors (Lipinski definition) is 1. The predicted octanol–water partition coefficient (Wildman–Crippen LogP) is 6.08. The topological polar surface area (TPSA) is 119 Å². The van der Waals surface area contributed by atoms with Gasteiger partial charge >= 0.3 is 11.9 Å². The Kier molecular flexibility index (Phi) is 7.48. The standard InChI is InChI=1S/C25H16F3N3O6S/c26-25(27,28)16-9-10-20(19(13-16)31(35)36)37-18-8-4-5-15(11-18)12-21-23(33)30(24(34)38-21)14-22(32)29-17-6-2-1-3-7-17/h1-13H,14H2,(H,29,32)/b21-12-. The number of para-hydroxylation sites is 1. The van der Waals surface area contributed by atoms with E-state index in [2.05, 4.69) is 5.32 Å². The fourth-order valence-corrected chi connectivity index (χ4v) is 4.21. The maximum atomic E-state index is 12.9. The van der Waals surface area contributed by atoms with Gasteiger partial charge in [0.05, 0.1) is 15.4 Å². The number of benzene rings is 3. The summed E-state index contributed by atoms with van der Waals surface area (Å²) in [4.78, 5) is 48.5. The van der Waals surface area contributed by atoms with Crippen molar-refractivity contribution < 1.29 is 37.2 Å². The first-order chi connectivity index (χ1) is 18.0. The first kappa shape index (κ1) is 26.4. The van der Waals surface area contributed by atoms with E-state index >= 15 is 0 Å². The molecule has 0 unspecified atom stereocenters. The van der Waals surface area contributed by atoms with Crippen LogP contribution in [0.4, 0.5) is 29.3 Å². The average molecular weight is 543 g/mol. The normalized spacial score (nSPS) is 14.6. The van der Waals surface area contributed by atoms with Crippen LogP contribution in [0.2, 0.25) is 0 Å². The van der Waals surface area contributed by atoms with Crippen LogP contribution < -0.4 is 10.1 Å². The Morgan fingerprint density at radius 2 is 1.79 bits per heavy atom. The molecular formula is C25H16F3N3O6S. The van der Waals surface area contributed by atoms with E-state index in [1.165, 1.54) is 24.3 Å². The highest BCUT2D eigenvalue weighted by Gasteiger charge is 2.36. The van der Waals surface area contributed by atoms with Crippen molar-refractivity contribution in [3.63, 3.8) is 0 Å². The smallest absolute Gasteiger partial charge is 0.416 e. The van der Waals surface area contributed by atoms with Gasteiger partial charge in [0.2, 0.25) is 11.7 Å². The molecule has 3 aromatic carbocycles. The average Bonchev–Trinajstić information content (AvgIpc) is 3.11. The van der Waals surface area contributed by atoms with E-state index in [4.69, 9.17) is 4.74 Å². The molecule has 1 N–H and O–H groups in total. The summed E-state index contributed by atoms with van der Waals surface area (Å²) in [6.45, 7) is -0.488. The van der Waals surface area contributed by atoms with Crippen LogP contribution in [0, 0.1) is 10.1 Å². The summed E-state index contributed by atoms with van der Waals surface area (Å²) in [6.07, 6.45) is -3.40. The highest BCUT2D eigenvalue weighted by molar-refractivity contribution is 8.18. The lowest BCUT2D eigenvalue weighted by Crippen LogP contribution is -2.36. The maximum Gasteiger partial charge on any atom is 0.416 e. The van der Waals surface area contributed by atoms with Crippen LogP contribution in [0.25, 0.3) is 6.08 Å². The monoisotopic (exact) mass is 543 g/mol. The van der Waals surface area contributed by atoms with Crippen LogP contribution in [0.3, 0.4) is 0 Å². The van der Waals surface area contributed by atoms with Gasteiger partial charge in [-0.1, -0.05) is 30.3 Å². The van der Waals surface area contributed by atoms with Gasteiger partial charge in [-0.3, -0.25) is 29.4 Å². The minimum atomic E-state index is -4.77. The molecule has 1 fully saturated rings. The van der Waals surface area contributed by atoms with Crippen molar-refractivity contribution in [2.24, 2.45) is 0 Å². The number of rotatable bonds is 7. The number of amides is 3. The van der Waals surface area contributed by atoms with E-state index in [1.807, 2.05) is 0 Å². The molecule has 3 amide bonds. The van der Waals surface area contributed by atoms with Crippen molar-refractivity contribution in [2.45, 2.75) is 6.18 Å². The summed E-state index contributed by atoms with van der Waals surface area (Å²) in [5.41, 5.74) is -1.19. The zero-order chi connectivity index (χ0) is 27.4. The third-order valence-electron chi connectivity index (χ3n) is 5.10. The third kappa shape index (κ3) is 6.18. The molecule has 0 spiro atoms. The number of nitrogens with zero attached hydrogens (tertiary/aromatic N) is 2. The van der Waals surface area contributed by atoms with Crippen molar-refractivity contribution in [1.29, 1.82) is 0 Å². The third-order valence-corrected chi connectivity index (χ3v) is 6.01. The number of halogens is 3. The summed E-state index contributed by atoms with van der Waals surface area (Å²) in [5.74, 6) is -1.62. The summed E-state index contributed by atoms with van der Waals surface area (Å²) in [6, 6.07) is 16.2. The van der Waals surface area contributed by atoms with Crippen molar-refractivity contribution in [2.75, 3.05) is 11.9 Å². The Morgan fingerprint density at radius 1 is 1.05 bits per heavy atom. The summed E-state index contributed by atoms with van der Waals surface area (Å²) in [7, 11) is 0. The molecule has 194 valence electrons. The summed E-state index contributed by atoms with van der Waals surface area (Å²) >= 11 is 0.627. The minimum absolute atomic E-state index is 0.0279. The first-order valence-corrected chi connectivity index (χ1v) is 11.6. The molecule has 1 aliphatic rings.